The molecule has 0 aliphatic heterocycles. The fourth-order valence-corrected chi connectivity index (χ4v) is 2.54. The number of carbonyl (C=O) groups is 1. The Hall–Kier alpha value is -1.57. The molecule has 0 unspecified atom stereocenters. The molecular formula is C15H18O2. The molecule has 1 saturated carbocycles. The van der Waals surface area contributed by atoms with E-state index in [1.807, 2.05) is 12.1 Å². The Morgan fingerprint density at radius 2 is 2.06 bits per heavy atom. The van der Waals surface area contributed by atoms with Crippen molar-refractivity contribution in [3.8, 4) is 0 Å². The van der Waals surface area contributed by atoms with Gasteiger partial charge >= 0.3 is 5.97 Å². The molecule has 0 aromatic heterocycles. The van der Waals surface area contributed by atoms with Crippen molar-refractivity contribution in [2.75, 3.05) is 0 Å². The smallest absolute Gasteiger partial charge is 0.331 e. The molecule has 1 aliphatic carbocycles. The maximum atomic E-state index is 10.7. The molecule has 1 fully saturated rings. The van der Waals surface area contributed by atoms with Gasteiger partial charge in [-0.3, -0.25) is 0 Å². The zero-order chi connectivity index (χ0) is 12.3. The standard InChI is InChI=1S/C15H18O2/c1-11(15(16)17)9-12-5-4-8-14(10-12)13-6-2-3-7-13/h4-5,8,10,13H,1-3,6-7,9H2,(H,16,17). The summed E-state index contributed by atoms with van der Waals surface area (Å²) in [6, 6.07) is 8.30. The van der Waals surface area contributed by atoms with Crippen LogP contribution in [-0.4, -0.2) is 11.1 Å². The molecule has 0 atom stereocenters. The van der Waals surface area contributed by atoms with Crippen LogP contribution in [0.4, 0.5) is 0 Å². The molecule has 0 heterocycles. The third-order valence-corrected chi connectivity index (χ3v) is 3.50. The Morgan fingerprint density at radius 1 is 1.35 bits per heavy atom. The van der Waals surface area contributed by atoms with Gasteiger partial charge in [-0.2, -0.15) is 0 Å². The third-order valence-electron chi connectivity index (χ3n) is 3.50. The third kappa shape index (κ3) is 2.96. The Morgan fingerprint density at radius 3 is 2.71 bits per heavy atom. The molecular weight excluding hydrogens is 212 g/mol. The van der Waals surface area contributed by atoms with Crippen LogP contribution in [0.2, 0.25) is 0 Å². The van der Waals surface area contributed by atoms with E-state index >= 15 is 0 Å². The monoisotopic (exact) mass is 230 g/mol. The van der Waals surface area contributed by atoms with Gasteiger partial charge < -0.3 is 5.11 Å². The van der Waals surface area contributed by atoms with E-state index < -0.39 is 5.97 Å². The van der Waals surface area contributed by atoms with Crippen LogP contribution in [0.5, 0.6) is 0 Å². The minimum Gasteiger partial charge on any atom is -0.478 e. The molecule has 1 aliphatic rings. The largest absolute Gasteiger partial charge is 0.478 e. The maximum absolute atomic E-state index is 10.7. The second-order valence-corrected chi connectivity index (χ2v) is 4.81. The first-order chi connectivity index (χ1) is 8.16. The van der Waals surface area contributed by atoms with E-state index in [4.69, 9.17) is 5.11 Å². The molecule has 1 N–H and O–H groups in total. The Kier molecular flexibility index (Phi) is 3.62. The van der Waals surface area contributed by atoms with Crippen molar-refractivity contribution in [3.63, 3.8) is 0 Å². The summed E-state index contributed by atoms with van der Waals surface area (Å²) < 4.78 is 0. The SMILES string of the molecule is C=C(Cc1cccc(C2CCCC2)c1)C(=O)O. The van der Waals surface area contributed by atoms with Gasteiger partial charge in [0.2, 0.25) is 0 Å². The van der Waals surface area contributed by atoms with Crippen LogP contribution in [0.25, 0.3) is 0 Å². The lowest BCUT2D eigenvalue weighted by atomic mass is 9.94. The maximum Gasteiger partial charge on any atom is 0.331 e. The molecule has 17 heavy (non-hydrogen) atoms. The molecule has 0 amide bonds. The number of rotatable bonds is 4. The summed E-state index contributed by atoms with van der Waals surface area (Å²) in [5.41, 5.74) is 2.67. The van der Waals surface area contributed by atoms with E-state index in [0.717, 1.165) is 5.56 Å². The Balaban J connectivity index is 2.11. The van der Waals surface area contributed by atoms with E-state index in [1.54, 1.807) is 0 Å². The summed E-state index contributed by atoms with van der Waals surface area (Å²) in [6.45, 7) is 3.58. The first-order valence-electron chi connectivity index (χ1n) is 6.16. The van der Waals surface area contributed by atoms with Crippen molar-refractivity contribution in [1.29, 1.82) is 0 Å². The highest BCUT2D eigenvalue weighted by Gasteiger charge is 2.17. The van der Waals surface area contributed by atoms with Crippen LogP contribution in [-0.2, 0) is 11.2 Å². The van der Waals surface area contributed by atoms with Gasteiger partial charge in [0.1, 0.15) is 0 Å². The number of carboxylic acid groups (broad SMARTS) is 1. The number of hydrogen-bond donors (Lipinski definition) is 1. The number of carboxylic acids is 1. The van der Waals surface area contributed by atoms with Crippen molar-refractivity contribution in [1.82, 2.24) is 0 Å². The van der Waals surface area contributed by atoms with E-state index in [-0.39, 0.29) is 5.57 Å². The van der Waals surface area contributed by atoms with Crippen molar-refractivity contribution in [2.24, 2.45) is 0 Å². The van der Waals surface area contributed by atoms with E-state index in [2.05, 4.69) is 18.7 Å². The summed E-state index contributed by atoms with van der Waals surface area (Å²) in [4.78, 5) is 10.7. The number of benzene rings is 1. The van der Waals surface area contributed by atoms with Gasteiger partial charge in [0.15, 0.2) is 0 Å². The van der Waals surface area contributed by atoms with Crippen LogP contribution >= 0.6 is 0 Å². The highest BCUT2D eigenvalue weighted by molar-refractivity contribution is 5.86. The lowest BCUT2D eigenvalue weighted by Crippen LogP contribution is -2.03. The molecule has 1 aromatic carbocycles. The number of aliphatic carboxylic acids is 1. The highest BCUT2D eigenvalue weighted by Crippen LogP contribution is 2.34. The predicted octanol–water partition coefficient (Wildman–Crippen LogP) is 3.53. The molecule has 2 nitrogen and oxygen atoms in total. The first-order valence-corrected chi connectivity index (χ1v) is 6.16. The molecule has 2 rings (SSSR count). The van der Waals surface area contributed by atoms with Crippen molar-refractivity contribution >= 4 is 5.97 Å². The molecule has 0 saturated heterocycles. The summed E-state index contributed by atoms with van der Waals surface area (Å²) in [6.07, 6.45) is 5.61. The van der Waals surface area contributed by atoms with Gasteiger partial charge in [0, 0.05) is 12.0 Å². The molecule has 2 heteroatoms. The second-order valence-electron chi connectivity index (χ2n) is 4.81. The Bertz CT molecular complexity index is 428. The molecule has 0 spiro atoms. The summed E-state index contributed by atoms with van der Waals surface area (Å²) >= 11 is 0. The quantitative estimate of drug-likeness (QED) is 0.803. The summed E-state index contributed by atoms with van der Waals surface area (Å²) in [5, 5.41) is 8.82. The first kappa shape index (κ1) is 11.9. The second kappa shape index (κ2) is 5.17. The fraction of sp³-hybridized carbons (Fsp3) is 0.400. The topological polar surface area (TPSA) is 37.3 Å². The fourth-order valence-electron chi connectivity index (χ4n) is 2.54. The molecule has 0 radical (unpaired) electrons. The van der Waals surface area contributed by atoms with Crippen LogP contribution in [0, 0.1) is 0 Å². The van der Waals surface area contributed by atoms with Gasteiger partial charge in [-0.1, -0.05) is 43.7 Å². The Labute approximate surface area is 102 Å². The van der Waals surface area contributed by atoms with E-state index in [0.29, 0.717) is 12.3 Å². The van der Waals surface area contributed by atoms with Gasteiger partial charge in [-0.25, -0.2) is 4.79 Å². The van der Waals surface area contributed by atoms with Crippen LogP contribution in [0.1, 0.15) is 42.7 Å². The van der Waals surface area contributed by atoms with Gasteiger partial charge in [-0.05, 0) is 29.9 Å². The van der Waals surface area contributed by atoms with Crippen molar-refractivity contribution < 1.29 is 9.90 Å². The van der Waals surface area contributed by atoms with Crippen LogP contribution in [0.3, 0.4) is 0 Å². The summed E-state index contributed by atoms with van der Waals surface area (Å²) in [5.74, 6) is -0.232. The van der Waals surface area contributed by atoms with Gasteiger partial charge in [0.25, 0.3) is 0 Å². The normalized spacial score (nSPS) is 16.0. The van der Waals surface area contributed by atoms with Gasteiger partial charge in [-0.15, -0.1) is 0 Å². The highest BCUT2D eigenvalue weighted by atomic mass is 16.4. The average molecular weight is 230 g/mol. The molecule has 1 aromatic rings. The van der Waals surface area contributed by atoms with Gasteiger partial charge in [0.05, 0.1) is 0 Å². The van der Waals surface area contributed by atoms with Crippen molar-refractivity contribution in [2.45, 2.75) is 38.0 Å². The molecule has 0 bridgehead atoms. The average Bonchev–Trinajstić information content (AvgIpc) is 2.82. The lowest BCUT2D eigenvalue weighted by molar-refractivity contribution is -0.132. The summed E-state index contributed by atoms with van der Waals surface area (Å²) in [7, 11) is 0. The van der Waals surface area contributed by atoms with E-state index in [9.17, 15) is 4.79 Å². The zero-order valence-electron chi connectivity index (χ0n) is 9.98. The minimum atomic E-state index is -0.906. The number of hydrogen-bond acceptors (Lipinski definition) is 1. The minimum absolute atomic E-state index is 0.258. The predicted molar refractivity (Wildman–Crippen MR) is 68.1 cm³/mol. The van der Waals surface area contributed by atoms with E-state index in [1.165, 1.54) is 31.2 Å². The van der Waals surface area contributed by atoms with Crippen LogP contribution < -0.4 is 0 Å². The molecule has 90 valence electrons. The lowest BCUT2D eigenvalue weighted by Gasteiger charge is -2.11. The zero-order valence-corrected chi connectivity index (χ0v) is 9.98. The van der Waals surface area contributed by atoms with Crippen molar-refractivity contribution in [3.05, 3.63) is 47.5 Å². The van der Waals surface area contributed by atoms with Crippen LogP contribution in [0.15, 0.2) is 36.4 Å².